The van der Waals surface area contributed by atoms with Crippen LogP contribution in [0.4, 0.5) is 23.0 Å². The zero-order chi connectivity index (χ0) is 30.0. The van der Waals surface area contributed by atoms with Crippen LogP contribution in [0.5, 0.6) is 11.9 Å². The number of anilines is 2. The summed E-state index contributed by atoms with van der Waals surface area (Å²) in [6.07, 6.45) is -0.280. The summed E-state index contributed by atoms with van der Waals surface area (Å²) in [7, 11) is -9.76. The van der Waals surface area contributed by atoms with Gasteiger partial charge in [0, 0.05) is 12.2 Å². The van der Waals surface area contributed by atoms with Gasteiger partial charge in [-0.3, -0.25) is 9.35 Å². The van der Waals surface area contributed by atoms with Crippen LogP contribution in [-0.2, 0) is 32.5 Å². The van der Waals surface area contributed by atoms with Gasteiger partial charge in [-0.25, -0.2) is 8.42 Å². The maximum Gasteiger partial charge on any atom is 1.00 e. The molecule has 0 unspecified atom stereocenters. The molecule has 1 aromatic carbocycles. The summed E-state index contributed by atoms with van der Waals surface area (Å²) >= 11 is 5.91. The van der Waals surface area contributed by atoms with Crippen molar-refractivity contribution in [3.8, 4) is 11.9 Å². The molecule has 0 bridgehead atoms. The molecule has 0 saturated heterocycles. The van der Waals surface area contributed by atoms with E-state index in [2.05, 4.69) is 30.5 Å². The molecule has 2 aromatic heterocycles. The second kappa shape index (κ2) is 15.3. The zero-order valence-corrected chi connectivity index (χ0v) is 29.7. The van der Waals surface area contributed by atoms with Crippen LogP contribution in [0.2, 0.25) is 5.28 Å². The average molecular weight is 662 g/mol. The molecule has 0 saturated carbocycles. The molecule has 0 aliphatic heterocycles. The molecule has 0 aliphatic rings. The van der Waals surface area contributed by atoms with Gasteiger partial charge < -0.3 is 24.3 Å². The van der Waals surface area contributed by atoms with Crippen LogP contribution < -0.4 is 79.8 Å². The first kappa shape index (κ1) is 38.3. The molecule has 16 nitrogen and oxygen atoms in total. The van der Waals surface area contributed by atoms with Crippen molar-refractivity contribution >= 4 is 54.8 Å². The molecule has 0 fully saturated rings. The molecule has 42 heavy (non-hydrogen) atoms. The van der Waals surface area contributed by atoms with E-state index in [1.54, 1.807) is 13.8 Å². The van der Waals surface area contributed by atoms with E-state index in [1.807, 2.05) is 0 Å². The van der Waals surface area contributed by atoms with Crippen molar-refractivity contribution in [1.29, 1.82) is 0 Å². The quantitative estimate of drug-likeness (QED) is 0.121. The number of hydrogen-bond donors (Lipinski definition) is 2. The van der Waals surface area contributed by atoms with Crippen LogP contribution in [0.1, 0.15) is 31.9 Å². The van der Waals surface area contributed by atoms with Gasteiger partial charge >= 0.3 is 65.1 Å². The van der Waals surface area contributed by atoms with E-state index in [0.29, 0.717) is 4.57 Å². The van der Waals surface area contributed by atoms with Crippen molar-refractivity contribution in [1.82, 2.24) is 19.5 Å². The van der Waals surface area contributed by atoms with Gasteiger partial charge in [-0.2, -0.15) is 23.4 Å². The van der Waals surface area contributed by atoms with Gasteiger partial charge in [-0.05, 0) is 74.5 Å². The molecule has 21 heteroatoms. The van der Waals surface area contributed by atoms with Crippen LogP contribution >= 0.6 is 11.6 Å². The molecule has 0 aliphatic carbocycles. The second-order valence-corrected chi connectivity index (χ2v) is 11.5. The molecule has 0 amide bonds. The standard InChI is InChI=1S/C21H24ClN7O9S2.2Na/c1-5-29-17(30)13(9-39(32,33)34)11(4)16(18(29)31)28-27-14-8-12(6-7-15(14)40(35,36)37)23-20-24-19(22)25-21(26-20)38-10(2)3;;/h6-8,10,30H,5,9H2,1-4H3,(H,32,33,34)(H,35,36,37)(H,23,24,25,26);;/q;2*+1/p-2. The SMILES string of the molecule is CCn1c([O-])c(CS(=O)(=O)[O-])c(C)c(N=Nc2cc(Nc3nc(Cl)nc(OC(C)C)n3)ccc2S(=O)(=O)O)c1=O.[Na+].[Na+]. The number of pyridine rings is 1. The molecule has 3 aromatic rings. The van der Waals surface area contributed by atoms with E-state index in [0.717, 1.165) is 12.1 Å². The molecular formula is C21H22ClN7Na2O9S2. The zero-order valence-electron chi connectivity index (χ0n) is 23.3. The number of nitrogens with zero attached hydrogens (tertiary/aromatic N) is 6. The van der Waals surface area contributed by atoms with E-state index in [-0.39, 0.29) is 100 Å². The number of rotatable bonds is 10. The van der Waals surface area contributed by atoms with Gasteiger partial charge in [-0.1, -0.05) is 0 Å². The third-order valence-corrected chi connectivity index (χ3v) is 6.79. The monoisotopic (exact) mass is 661 g/mol. The molecular weight excluding hydrogens is 640 g/mol. The van der Waals surface area contributed by atoms with Gasteiger partial charge in [-0.15, -0.1) is 10.2 Å². The number of halogens is 1. The maximum atomic E-state index is 12.9. The summed E-state index contributed by atoms with van der Waals surface area (Å²) in [5.74, 6) is -2.27. The van der Waals surface area contributed by atoms with E-state index in [1.165, 1.54) is 19.9 Å². The van der Waals surface area contributed by atoms with Crippen LogP contribution in [0, 0.1) is 6.92 Å². The predicted molar refractivity (Wildman–Crippen MR) is 138 cm³/mol. The minimum atomic E-state index is -4.91. The Balaban J connectivity index is 0.00000441. The number of aromatic nitrogens is 4. The number of hydrogen-bond acceptors (Lipinski definition) is 14. The van der Waals surface area contributed by atoms with Crippen LogP contribution in [-0.4, -0.2) is 51.6 Å². The number of azo groups is 1. The molecule has 0 atom stereocenters. The summed E-state index contributed by atoms with van der Waals surface area (Å²) in [5.41, 5.74) is -2.52. The Morgan fingerprint density at radius 3 is 2.33 bits per heavy atom. The largest absolute Gasteiger partial charge is 1.00 e. The Hall–Kier alpha value is -1.71. The number of ether oxygens (including phenoxy) is 1. The van der Waals surface area contributed by atoms with Gasteiger partial charge in [0.15, 0.2) is 5.69 Å². The molecule has 2 heterocycles. The van der Waals surface area contributed by atoms with E-state index in [4.69, 9.17) is 16.3 Å². The van der Waals surface area contributed by atoms with Gasteiger partial charge in [0.1, 0.15) is 10.6 Å². The second-order valence-electron chi connectivity index (χ2n) is 8.37. The minimum absolute atomic E-state index is 0. The fraction of sp³-hybridized carbons (Fsp3) is 0.333. The summed E-state index contributed by atoms with van der Waals surface area (Å²) in [6, 6.07) is 3.24. The summed E-state index contributed by atoms with van der Waals surface area (Å²) in [4.78, 5) is 23.9. The van der Waals surface area contributed by atoms with E-state index >= 15 is 0 Å². The summed E-state index contributed by atoms with van der Waals surface area (Å²) in [6.45, 7) is 5.92. The Kier molecular flexibility index (Phi) is 14.0. The van der Waals surface area contributed by atoms with E-state index in [9.17, 15) is 35.8 Å². The molecule has 2 N–H and O–H groups in total. The van der Waals surface area contributed by atoms with Crippen LogP contribution in [0.15, 0.2) is 38.1 Å². The number of benzene rings is 1. The van der Waals surface area contributed by atoms with Gasteiger partial charge in [0.2, 0.25) is 11.2 Å². The van der Waals surface area contributed by atoms with Crippen molar-refractivity contribution in [2.24, 2.45) is 10.2 Å². The fourth-order valence-corrected chi connectivity index (χ4v) is 4.82. The van der Waals surface area contributed by atoms with Crippen LogP contribution in [0.25, 0.3) is 0 Å². The maximum absolute atomic E-state index is 12.9. The number of nitrogens with one attached hydrogen (secondary N) is 1. The smallest absolute Gasteiger partial charge is 0.860 e. The first-order valence-corrected chi connectivity index (χ1v) is 14.6. The molecule has 216 valence electrons. The van der Waals surface area contributed by atoms with Gasteiger partial charge in [0.05, 0.1) is 22.0 Å². The van der Waals surface area contributed by atoms with Crippen molar-refractivity contribution in [3.63, 3.8) is 0 Å². The Labute approximate surface area is 290 Å². The third-order valence-electron chi connectivity index (χ3n) is 5.08. The minimum Gasteiger partial charge on any atom is -0.860 e. The van der Waals surface area contributed by atoms with Crippen molar-refractivity contribution in [2.45, 2.75) is 51.0 Å². The molecule has 3 rings (SSSR count). The Morgan fingerprint density at radius 2 is 1.79 bits per heavy atom. The average Bonchev–Trinajstić information content (AvgIpc) is 2.80. The predicted octanol–water partition coefficient (Wildman–Crippen LogP) is -3.67. The van der Waals surface area contributed by atoms with Crippen molar-refractivity contribution in [2.75, 3.05) is 5.32 Å². The van der Waals surface area contributed by atoms with E-state index < -0.39 is 59.3 Å². The fourth-order valence-electron chi connectivity index (χ4n) is 3.37. The third kappa shape index (κ3) is 9.91. The van der Waals surface area contributed by atoms with Crippen molar-refractivity contribution < 1.29 is 94.9 Å². The summed E-state index contributed by atoms with van der Waals surface area (Å²) in [5, 5.41) is 22.7. The topological polar surface area (TPSA) is 241 Å². The first-order valence-electron chi connectivity index (χ1n) is 11.3. The molecule has 0 radical (unpaired) electrons. The normalized spacial score (nSPS) is 11.7. The first-order chi connectivity index (χ1) is 18.5. The summed E-state index contributed by atoms with van der Waals surface area (Å²) < 4.78 is 73.7. The van der Waals surface area contributed by atoms with Crippen LogP contribution in [0.3, 0.4) is 0 Å². The van der Waals surface area contributed by atoms with Gasteiger partial charge in [0.25, 0.3) is 15.7 Å². The molecule has 0 spiro atoms. The Bertz CT molecular complexity index is 1770. The van der Waals surface area contributed by atoms with Crippen molar-refractivity contribution in [3.05, 3.63) is 45.0 Å². The Morgan fingerprint density at radius 1 is 1.14 bits per heavy atom.